The van der Waals surface area contributed by atoms with Crippen LogP contribution in [-0.2, 0) is 4.79 Å². The van der Waals surface area contributed by atoms with Gasteiger partial charge in [0.25, 0.3) is 5.91 Å². The summed E-state index contributed by atoms with van der Waals surface area (Å²) >= 11 is 1.62. The predicted molar refractivity (Wildman–Crippen MR) is 93.1 cm³/mol. The average Bonchev–Trinajstić information content (AvgIpc) is 3.09. The number of amides is 1. The van der Waals surface area contributed by atoms with E-state index in [0.29, 0.717) is 5.57 Å². The second-order valence-corrected chi connectivity index (χ2v) is 7.20. The molecule has 2 aromatic rings. The zero-order chi connectivity index (χ0) is 15.7. The van der Waals surface area contributed by atoms with Crippen LogP contribution in [0.1, 0.15) is 25.6 Å². The minimum absolute atomic E-state index is 0.0653. The van der Waals surface area contributed by atoms with Gasteiger partial charge >= 0.3 is 0 Å². The van der Waals surface area contributed by atoms with Gasteiger partial charge in [-0.1, -0.05) is 45.0 Å². The Hall–Kier alpha value is -2.20. The highest BCUT2D eigenvalue weighted by Gasteiger charge is 2.37. The molecular formula is C18H18N2OS. The minimum atomic E-state index is -0.192. The third kappa shape index (κ3) is 2.74. The molecule has 4 heteroatoms. The van der Waals surface area contributed by atoms with Crippen molar-refractivity contribution in [3.05, 3.63) is 58.3 Å². The molecule has 1 amide bonds. The van der Waals surface area contributed by atoms with Crippen molar-refractivity contribution in [3.63, 3.8) is 0 Å². The second-order valence-electron chi connectivity index (χ2n) is 6.22. The molecule has 0 bridgehead atoms. The fraction of sp³-hybridized carbons (Fsp3) is 0.222. The smallest absolute Gasteiger partial charge is 0.267 e. The van der Waals surface area contributed by atoms with Gasteiger partial charge in [-0.3, -0.25) is 4.79 Å². The SMILES string of the molecule is CC(C)(C)C1=NN(c2ccccc2)C(=O)/C1=C/c1cccs1. The van der Waals surface area contributed by atoms with Gasteiger partial charge in [-0.2, -0.15) is 10.1 Å². The van der Waals surface area contributed by atoms with Gasteiger partial charge in [0.05, 0.1) is 17.0 Å². The van der Waals surface area contributed by atoms with E-state index in [0.717, 1.165) is 16.3 Å². The van der Waals surface area contributed by atoms with E-state index in [2.05, 4.69) is 25.9 Å². The molecule has 0 atom stereocenters. The number of rotatable bonds is 2. The summed E-state index contributed by atoms with van der Waals surface area (Å²) in [6.45, 7) is 6.24. The highest BCUT2D eigenvalue weighted by molar-refractivity contribution is 7.10. The van der Waals surface area contributed by atoms with Crippen LogP contribution >= 0.6 is 11.3 Å². The number of nitrogens with zero attached hydrogens (tertiary/aromatic N) is 2. The predicted octanol–water partition coefficient (Wildman–Crippen LogP) is 4.58. The monoisotopic (exact) mass is 310 g/mol. The standard InChI is InChI=1S/C18H18N2OS/c1-18(2,3)16-15(12-14-10-7-11-22-14)17(21)20(19-16)13-8-5-4-6-9-13/h4-12H,1-3H3/b15-12+. The van der Waals surface area contributed by atoms with Crippen LogP contribution < -0.4 is 5.01 Å². The molecule has 0 saturated heterocycles. The van der Waals surface area contributed by atoms with Crippen molar-refractivity contribution >= 4 is 34.7 Å². The summed E-state index contributed by atoms with van der Waals surface area (Å²) in [5.74, 6) is -0.0653. The van der Waals surface area contributed by atoms with Gasteiger partial charge in [0.15, 0.2) is 0 Å². The molecule has 0 unspecified atom stereocenters. The number of benzene rings is 1. The van der Waals surface area contributed by atoms with Crippen LogP contribution in [0.5, 0.6) is 0 Å². The molecule has 0 N–H and O–H groups in total. The lowest BCUT2D eigenvalue weighted by Crippen LogP contribution is -2.23. The molecule has 22 heavy (non-hydrogen) atoms. The van der Waals surface area contributed by atoms with Crippen molar-refractivity contribution in [1.29, 1.82) is 0 Å². The van der Waals surface area contributed by atoms with Crippen LogP contribution in [0.4, 0.5) is 5.69 Å². The number of thiophene rings is 1. The van der Waals surface area contributed by atoms with Gasteiger partial charge in [0.2, 0.25) is 0 Å². The number of hydrogen-bond acceptors (Lipinski definition) is 3. The Kier molecular flexibility index (Phi) is 3.71. The molecule has 1 aromatic carbocycles. The molecule has 1 aliphatic heterocycles. The first-order chi connectivity index (χ1) is 10.5. The van der Waals surface area contributed by atoms with Crippen molar-refractivity contribution < 1.29 is 4.79 Å². The Labute approximate surface area is 134 Å². The van der Waals surface area contributed by atoms with Crippen molar-refractivity contribution in [1.82, 2.24) is 0 Å². The number of hydrogen-bond donors (Lipinski definition) is 0. The summed E-state index contributed by atoms with van der Waals surface area (Å²) in [4.78, 5) is 13.9. The second kappa shape index (κ2) is 5.54. The molecule has 0 spiro atoms. The number of hydrazone groups is 1. The third-order valence-corrected chi connectivity index (χ3v) is 4.24. The summed E-state index contributed by atoms with van der Waals surface area (Å²) < 4.78 is 0. The highest BCUT2D eigenvalue weighted by atomic mass is 32.1. The molecule has 3 nitrogen and oxygen atoms in total. The lowest BCUT2D eigenvalue weighted by Gasteiger charge is -2.17. The van der Waals surface area contributed by atoms with Crippen LogP contribution in [-0.4, -0.2) is 11.6 Å². The molecule has 1 aromatic heterocycles. The molecule has 112 valence electrons. The van der Waals surface area contributed by atoms with E-state index in [1.54, 1.807) is 11.3 Å². The Morgan fingerprint density at radius 3 is 2.41 bits per heavy atom. The van der Waals surface area contributed by atoms with E-state index < -0.39 is 0 Å². The Balaban J connectivity index is 2.07. The van der Waals surface area contributed by atoms with Crippen LogP contribution in [0, 0.1) is 5.41 Å². The third-order valence-electron chi connectivity index (χ3n) is 3.42. The first-order valence-corrected chi connectivity index (χ1v) is 8.09. The molecule has 1 aliphatic rings. The maximum atomic E-state index is 12.8. The number of carbonyl (C=O) groups excluding carboxylic acids is 1. The Bertz CT molecular complexity index is 737. The first kappa shape index (κ1) is 14.7. The molecule has 2 heterocycles. The van der Waals surface area contributed by atoms with Crippen LogP contribution in [0.3, 0.4) is 0 Å². The normalized spacial score (nSPS) is 17.2. The van der Waals surface area contributed by atoms with Crippen molar-refractivity contribution in [2.75, 3.05) is 5.01 Å². The van der Waals surface area contributed by atoms with Gasteiger partial charge in [0.1, 0.15) is 0 Å². The topological polar surface area (TPSA) is 32.7 Å². The highest BCUT2D eigenvalue weighted by Crippen LogP contribution is 2.32. The van der Waals surface area contributed by atoms with Crippen molar-refractivity contribution in [3.8, 4) is 0 Å². The van der Waals surface area contributed by atoms with Crippen molar-refractivity contribution in [2.24, 2.45) is 10.5 Å². The lowest BCUT2D eigenvalue weighted by molar-refractivity contribution is -0.114. The Morgan fingerprint density at radius 2 is 1.82 bits per heavy atom. The van der Waals surface area contributed by atoms with E-state index >= 15 is 0 Å². The van der Waals surface area contributed by atoms with Gasteiger partial charge in [-0.25, -0.2) is 0 Å². The van der Waals surface area contributed by atoms with Crippen LogP contribution in [0.25, 0.3) is 6.08 Å². The van der Waals surface area contributed by atoms with E-state index in [9.17, 15) is 4.79 Å². The number of anilines is 1. The quantitative estimate of drug-likeness (QED) is 0.747. The molecule has 0 aliphatic carbocycles. The van der Waals surface area contributed by atoms with Gasteiger partial charge in [-0.05, 0) is 29.7 Å². The van der Waals surface area contributed by atoms with Crippen LogP contribution in [0.15, 0.2) is 58.5 Å². The summed E-state index contributed by atoms with van der Waals surface area (Å²) in [7, 11) is 0. The zero-order valence-electron chi connectivity index (χ0n) is 12.9. The van der Waals surface area contributed by atoms with E-state index in [1.807, 2.05) is 53.9 Å². The molecule has 0 radical (unpaired) electrons. The van der Waals surface area contributed by atoms with Gasteiger partial charge in [0, 0.05) is 10.3 Å². The van der Waals surface area contributed by atoms with Gasteiger partial charge in [-0.15, -0.1) is 11.3 Å². The number of carbonyl (C=O) groups is 1. The van der Waals surface area contributed by atoms with E-state index in [-0.39, 0.29) is 11.3 Å². The molecule has 0 fully saturated rings. The lowest BCUT2D eigenvalue weighted by atomic mass is 9.85. The van der Waals surface area contributed by atoms with Crippen LogP contribution in [0.2, 0.25) is 0 Å². The summed E-state index contributed by atoms with van der Waals surface area (Å²) in [6.07, 6.45) is 1.94. The molecule has 0 saturated carbocycles. The zero-order valence-corrected chi connectivity index (χ0v) is 13.7. The number of para-hydroxylation sites is 1. The fourth-order valence-corrected chi connectivity index (χ4v) is 3.02. The maximum absolute atomic E-state index is 12.8. The summed E-state index contributed by atoms with van der Waals surface area (Å²) in [6, 6.07) is 13.5. The summed E-state index contributed by atoms with van der Waals surface area (Å²) in [5, 5.41) is 8.12. The largest absolute Gasteiger partial charge is 0.280 e. The van der Waals surface area contributed by atoms with Gasteiger partial charge < -0.3 is 0 Å². The minimum Gasteiger partial charge on any atom is -0.267 e. The maximum Gasteiger partial charge on any atom is 0.280 e. The fourth-order valence-electron chi connectivity index (χ4n) is 2.36. The summed E-state index contributed by atoms with van der Waals surface area (Å²) in [5.41, 5.74) is 2.11. The van der Waals surface area contributed by atoms with E-state index in [4.69, 9.17) is 0 Å². The van der Waals surface area contributed by atoms with Crippen molar-refractivity contribution in [2.45, 2.75) is 20.8 Å². The van der Waals surface area contributed by atoms with E-state index in [1.165, 1.54) is 5.01 Å². The molecular weight excluding hydrogens is 292 g/mol. The molecule has 3 rings (SSSR count). The first-order valence-electron chi connectivity index (χ1n) is 7.21. The Morgan fingerprint density at radius 1 is 1.09 bits per heavy atom. The average molecular weight is 310 g/mol.